The van der Waals surface area contributed by atoms with Gasteiger partial charge < -0.3 is 4.42 Å². The molecule has 1 aliphatic rings. The van der Waals surface area contributed by atoms with Gasteiger partial charge in [-0.1, -0.05) is 36.0 Å². The molecule has 1 aromatic carbocycles. The average Bonchev–Trinajstić information content (AvgIpc) is 3.05. The molecule has 3 rings (SSSR count). The monoisotopic (exact) mass is 349 g/mol. The van der Waals surface area contributed by atoms with E-state index in [-0.39, 0.29) is 5.24 Å². The molecule has 1 saturated heterocycles. The van der Waals surface area contributed by atoms with E-state index in [0.29, 0.717) is 22.3 Å². The van der Waals surface area contributed by atoms with Crippen molar-refractivity contribution >= 4 is 51.9 Å². The van der Waals surface area contributed by atoms with Crippen molar-refractivity contribution in [2.24, 2.45) is 0 Å². The van der Waals surface area contributed by atoms with Crippen LogP contribution in [0.2, 0.25) is 5.02 Å². The van der Waals surface area contributed by atoms with Gasteiger partial charge in [0.2, 0.25) is 0 Å². The zero-order chi connectivity index (χ0) is 15.7. The molecule has 2 aromatic rings. The van der Waals surface area contributed by atoms with Crippen molar-refractivity contribution in [2.75, 3.05) is 6.54 Å². The van der Waals surface area contributed by atoms with Gasteiger partial charge in [0.1, 0.15) is 16.5 Å². The molecule has 6 heteroatoms. The summed E-state index contributed by atoms with van der Waals surface area (Å²) in [6, 6.07) is 11.2. The molecule has 0 saturated carbocycles. The third-order valence-corrected chi connectivity index (χ3v) is 4.93. The Bertz CT molecular complexity index is 782. The molecule has 2 heterocycles. The molecule has 0 aliphatic carbocycles. The Labute approximate surface area is 142 Å². The molecular formula is C16H12ClNO2S2. The van der Waals surface area contributed by atoms with Gasteiger partial charge in [0.15, 0.2) is 0 Å². The lowest BCUT2D eigenvalue weighted by Crippen LogP contribution is -2.26. The van der Waals surface area contributed by atoms with Crippen LogP contribution in [-0.4, -0.2) is 21.7 Å². The molecule has 0 radical (unpaired) electrons. The van der Waals surface area contributed by atoms with Crippen LogP contribution in [0.25, 0.3) is 17.4 Å². The molecule has 0 unspecified atom stereocenters. The molecule has 112 valence electrons. The second-order valence-corrected chi connectivity index (χ2v) is 6.45. The first-order chi connectivity index (χ1) is 10.6. The summed E-state index contributed by atoms with van der Waals surface area (Å²) in [5.41, 5.74) is 0.907. The Morgan fingerprint density at radius 1 is 1.36 bits per heavy atom. The number of hydrogen-bond acceptors (Lipinski definition) is 4. The van der Waals surface area contributed by atoms with Crippen molar-refractivity contribution in [2.45, 2.75) is 6.92 Å². The fourth-order valence-electron chi connectivity index (χ4n) is 2.13. The summed E-state index contributed by atoms with van der Waals surface area (Å²) in [5, 5.41) is 0.617. The highest BCUT2D eigenvalue weighted by atomic mass is 35.5. The van der Waals surface area contributed by atoms with Crippen LogP contribution >= 0.6 is 35.6 Å². The van der Waals surface area contributed by atoms with E-state index in [2.05, 4.69) is 0 Å². The number of nitrogens with zero attached hydrogens (tertiary/aromatic N) is 1. The topological polar surface area (TPSA) is 33.5 Å². The number of thioether (sulfide) groups is 1. The molecule has 1 aliphatic heterocycles. The summed E-state index contributed by atoms with van der Waals surface area (Å²) < 4.78 is 5.80. The van der Waals surface area contributed by atoms with Crippen LogP contribution < -0.4 is 0 Å². The van der Waals surface area contributed by atoms with Crippen molar-refractivity contribution in [1.82, 2.24) is 4.90 Å². The lowest BCUT2D eigenvalue weighted by atomic mass is 10.2. The summed E-state index contributed by atoms with van der Waals surface area (Å²) in [4.78, 5) is 14.7. The molecule has 0 spiro atoms. The number of amides is 1. The minimum absolute atomic E-state index is 0.0413. The molecule has 3 nitrogen and oxygen atoms in total. The first kappa shape index (κ1) is 15.3. The van der Waals surface area contributed by atoms with E-state index >= 15 is 0 Å². The molecule has 0 bridgehead atoms. The van der Waals surface area contributed by atoms with Gasteiger partial charge >= 0.3 is 0 Å². The van der Waals surface area contributed by atoms with Crippen LogP contribution in [0.4, 0.5) is 4.79 Å². The molecule has 1 amide bonds. The largest absolute Gasteiger partial charge is 0.457 e. The maximum Gasteiger partial charge on any atom is 0.291 e. The van der Waals surface area contributed by atoms with Gasteiger partial charge in [-0.2, -0.15) is 0 Å². The van der Waals surface area contributed by atoms with Gasteiger partial charge in [-0.15, -0.1) is 0 Å². The number of halogens is 1. The van der Waals surface area contributed by atoms with Crippen LogP contribution in [0.1, 0.15) is 12.7 Å². The number of hydrogen-bond donors (Lipinski definition) is 0. The van der Waals surface area contributed by atoms with E-state index in [1.807, 2.05) is 43.3 Å². The Morgan fingerprint density at radius 2 is 2.18 bits per heavy atom. The standard InChI is InChI=1S/C16H12ClNO2S2/c1-2-18-15(21)14(22-16(18)19)9-12-6-7-13(20-12)10-4-3-5-11(17)8-10/h3-9H,2H2,1H3/b14-9-. The lowest BCUT2D eigenvalue weighted by molar-refractivity contribution is 0.247. The normalized spacial score (nSPS) is 16.8. The fraction of sp³-hybridized carbons (Fsp3) is 0.125. The summed E-state index contributed by atoms with van der Waals surface area (Å²) >= 11 is 12.4. The maximum absolute atomic E-state index is 11.8. The van der Waals surface area contributed by atoms with Gasteiger partial charge in [-0.25, -0.2) is 0 Å². The molecule has 0 N–H and O–H groups in total. The second-order valence-electron chi connectivity index (χ2n) is 4.64. The fourth-order valence-corrected chi connectivity index (χ4v) is 3.66. The van der Waals surface area contributed by atoms with E-state index in [0.717, 1.165) is 28.0 Å². The van der Waals surface area contributed by atoms with Gasteiger partial charge in [0, 0.05) is 17.1 Å². The third kappa shape index (κ3) is 2.97. The smallest absolute Gasteiger partial charge is 0.291 e. The van der Waals surface area contributed by atoms with E-state index in [9.17, 15) is 4.79 Å². The first-order valence-corrected chi connectivity index (χ1v) is 8.30. The summed E-state index contributed by atoms with van der Waals surface area (Å²) in [5.74, 6) is 1.38. The molecule has 0 atom stereocenters. The minimum atomic E-state index is -0.0413. The molecule has 1 aromatic heterocycles. The average molecular weight is 350 g/mol. The van der Waals surface area contributed by atoms with Crippen molar-refractivity contribution in [3.63, 3.8) is 0 Å². The lowest BCUT2D eigenvalue weighted by Gasteiger charge is -2.09. The van der Waals surface area contributed by atoms with Crippen molar-refractivity contribution in [3.05, 3.63) is 52.1 Å². The number of likely N-dealkylation sites (N-methyl/N-ethyl adjacent to an activating group) is 1. The Morgan fingerprint density at radius 3 is 2.86 bits per heavy atom. The highest BCUT2D eigenvalue weighted by Crippen LogP contribution is 2.34. The zero-order valence-corrected chi connectivity index (χ0v) is 14.1. The van der Waals surface area contributed by atoms with Gasteiger partial charge in [-0.3, -0.25) is 9.69 Å². The summed E-state index contributed by atoms with van der Waals surface area (Å²) in [6.45, 7) is 2.48. The van der Waals surface area contributed by atoms with Crippen molar-refractivity contribution in [3.8, 4) is 11.3 Å². The van der Waals surface area contributed by atoms with Crippen LogP contribution in [0, 0.1) is 0 Å². The highest BCUT2D eigenvalue weighted by molar-refractivity contribution is 8.19. The van der Waals surface area contributed by atoms with E-state index in [1.54, 1.807) is 11.0 Å². The summed E-state index contributed by atoms with van der Waals surface area (Å²) in [6.07, 6.45) is 1.80. The van der Waals surface area contributed by atoms with E-state index in [4.69, 9.17) is 28.2 Å². The van der Waals surface area contributed by atoms with Crippen LogP contribution in [-0.2, 0) is 0 Å². The van der Waals surface area contributed by atoms with Gasteiger partial charge in [0.25, 0.3) is 5.24 Å². The third-order valence-electron chi connectivity index (χ3n) is 3.20. The quantitative estimate of drug-likeness (QED) is 0.544. The number of carbonyl (C=O) groups is 1. The van der Waals surface area contributed by atoms with Gasteiger partial charge in [-0.05, 0) is 49.0 Å². The van der Waals surface area contributed by atoms with Crippen LogP contribution in [0.15, 0.2) is 45.7 Å². The minimum Gasteiger partial charge on any atom is -0.457 e. The second kappa shape index (κ2) is 6.28. The Balaban J connectivity index is 1.88. The number of thiocarbonyl (C=S) groups is 1. The van der Waals surface area contributed by atoms with Crippen molar-refractivity contribution < 1.29 is 9.21 Å². The molecular weight excluding hydrogens is 338 g/mol. The predicted molar refractivity (Wildman–Crippen MR) is 95.1 cm³/mol. The Kier molecular flexibility index (Phi) is 4.38. The molecule has 1 fully saturated rings. The first-order valence-electron chi connectivity index (χ1n) is 6.69. The van der Waals surface area contributed by atoms with E-state index < -0.39 is 0 Å². The van der Waals surface area contributed by atoms with E-state index in [1.165, 1.54) is 0 Å². The molecule has 22 heavy (non-hydrogen) atoms. The number of rotatable bonds is 3. The summed E-state index contributed by atoms with van der Waals surface area (Å²) in [7, 11) is 0. The van der Waals surface area contributed by atoms with Gasteiger partial charge in [0.05, 0.1) is 4.91 Å². The number of furan rings is 1. The SMILES string of the molecule is CCN1C(=O)S/C(=C\c2ccc(-c3cccc(Cl)c3)o2)C1=S. The predicted octanol–water partition coefficient (Wildman–Crippen LogP) is 5.46. The van der Waals surface area contributed by atoms with Crippen LogP contribution in [0.3, 0.4) is 0 Å². The zero-order valence-electron chi connectivity index (χ0n) is 11.7. The maximum atomic E-state index is 11.8. The van der Waals surface area contributed by atoms with Crippen molar-refractivity contribution in [1.29, 1.82) is 0 Å². The highest BCUT2D eigenvalue weighted by Gasteiger charge is 2.30. The number of carbonyl (C=O) groups excluding carboxylic acids is 1. The number of benzene rings is 1. The Hall–Kier alpha value is -1.56. The van der Waals surface area contributed by atoms with Crippen LogP contribution in [0.5, 0.6) is 0 Å².